The molecule has 0 aromatic heterocycles. The van der Waals surface area contributed by atoms with Crippen LogP contribution in [0.25, 0.3) is 0 Å². The molecule has 0 saturated carbocycles. The summed E-state index contributed by atoms with van der Waals surface area (Å²) in [6.07, 6.45) is 2.48. The van der Waals surface area contributed by atoms with Crippen LogP contribution >= 0.6 is 0 Å². The normalized spacial score (nSPS) is 10.9. The number of nitrogens with zero attached hydrogens (tertiary/aromatic N) is 1. The fourth-order valence-corrected chi connectivity index (χ4v) is 1.91. The molecule has 0 atom stereocenters. The lowest BCUT2D eigenvalue weighted by atomic mass is 9.90. The van der Waals surface area contributed by atoms with Crippen LogP contribution in [0.1, 0.15) is 32.3 Å². The molecule has 0 heterocycles. The largest absolute Gasteiger partial charge is 0.493 e. The van der Waals surface area contributed by atoms with E-state index in [0.717, 1.165) is 36.3 Å². The van der Waals surface area contributed by atoms with Crippen molar-refractivity contribution >= 4 is 0 Å². The molecule has 0 aliphatic heterocycles. The number of nitrogens with two attached hydrogens (primary N) is 1. The number of nitriles is 1. The Balaban J connectivity index is 2.54. The number of benzene rings is 1. The highest BCUT2D eigenvalue weighted by molar-refractivity contribution is 5.43. The molecular formula is C16H24N2O2. The first kappa shape index (κ1) is 16.3. The number of ether oxygens (including phenoxy) is 2. The summed E-state index contributed by atoms with van der Waals surface area (Å²) in [5.41, 5.74) is 6.39. The Bertz CT molecular complexity index is 464. The molecule has 1 rings (SSSR count). The fourth-order valence-electron chi connectivity index (χ4n) is 1.91. The number of methoxy groups -OCH3 is 1. The van der Waals surface area contributed by atoms with Gasteiger partial charge >= 0.3 is 0 Å². The van der Waals surface area contributed by atoms with E-state index in [4.69, 9.17) is 20.5 Å². The van der Waals surface area contributed by atoms with Crippen molar-refractivity contribution in [1.82, 2.24) is 0 Å². The maximum Gasteiger partial charge on any atom is 0.161 e. The average Bonchev–Trinajstić information content (AvgIpc) is 2.45. The van der Waals surface area contributed by atoms with Crippen molar-refractivity contribution in [2.45, 2.75) is 33.1 Å². The van der Waals surface area contributed by atoms with Crippen molar-refractivity contribution in [2.24, 2.45) is 11.1 Å². The van der Waals surface area contributed by atoms with Crippen LogP contribution < -0.4 is 15.2 Å². The van der Waals surface area contributed by atoms with Gasteiger partial charge in [0, 0.05) is 0 Å². The Morgan fingerprint density at radius 2 is 2.05 bits per heavy atom. The van der Waals surface area contributed by atoms with Gasteiger partial charge < -0.3 is 15.2 Å². The van der Waals surface area contributed by atoms with Crippen LogP contribution in [-0.2, 0) is 6.42 Å². The first-order chi connectivity index (χ1) is 9.52. The highest BCUT2D eigenvalue weighted by Crippen LogP contribution is 2.29. The van der Waals surface area contributed by atoms with Crippen LogP contribution in [0, 0.1) is 16.7 Å². The molecule has 4 heteroatoms. The maximum atomic E-state index is 8.95. The second-order valence-electron chi connectivity index (χ2n) is 5.47. The summed E-state index contributed by atoms with van der Waals surface area (Å²) in [4.78, 5) is 0. The maximum absolute atomic E-state index is 8.95. The third-order valence-electron chi connectivity index (χ3n) is 3.17. The van der Waals surface area contributed by atoms with Crippen LogP contribution in [-0.4, -0.2) is 20.3 Å². The molecule has 0 bridgehead atoms. The van der Waals surface area contributed by atoms with Crippen LogP contribution in [0.15, 0.2) is 18.2 Å². The van der Waals surface area contributed by atoms with Crippen molar-refractivity contribution in [2.75, 3.05) is 20.3 Å². The van der Waals surface area contributed by atoms with E-state index in [2.05, 4.69) is 6.07 Å². The zero-order chi connectivity index (χ0) is 15.0. The van der Waals surface area contributed by atoms with Crippen LogP contribution in [0.5, 0.6) is 11.5 Å². The van der Waals surface area contributed by atoms with E-state index in [9.17, 15) is 0 Å². The van der Waals surface area contributed by atoms with Gasteiger partial charge in [-0.2, -0.15) is 5.26 Å². The average molecular weight is 276 g/mol. The fraction of sp³-hybridized carbons (Fsp3) is 0.562. The van der Waals surface area contributed by atoms with E-state index in [1.54, 1.807) is 7.11 Å². The lowest BCUT2D eigenvalue weighted by Crippen LogP contribution is -2.10. The minimum absolute atomic E-state index is 0.293. The smallest absolute Gasteiger partial charge is 0.161 e. The first-order valence-corrected chi connectivity index (χ1v) is 6.93. The Morgan fingerprint density at radius 1 is 1.30 bits per heavy atom. The number of hydrogen-bond donors (Lipinski definition) is 1. The molecule has 4 nitrogen and oxygen atoms in total. The van der Waals surface area contributed by atoms with Gasteiger partial charge in [0.15, 0.2) is 11.5 Å². The van der Waals surface area contributed by atoms with Crippen LogP contribution in [0.2, 0.25) is 0 Å². The quantitative estimate of drug-likeness (QED) is 0.741. The zero-order valence-electron chi connectivity index (χ0n) is 12.6. The van der Waals surface area contributed by atoms with Gasteiger partial charge in [-0.15, -0.1) is 0 Å². The lowest BCUT2D eigenvalue weighted by Gasteiger charge is -2.16. The molecule has 0 amide bonds. The van der Waals surface area contributed by atoms with Crippen molar-refractivity contribution in [3.63, 3.8) is 0 Å². The molecule has 0 radical (unpaired) electrons. The zero-order valence-corrected chi connectivity index (χ0v) is 12.6. The lowest BCUT2D eigenvalue weighted by molar-refractivity contribution is 0.269. The Kier molecular flexibility index (Phi) is 6.33. The topological polar surface area (TPSA) is 68.3 Å². The molecular weight excluding hydrogens is 252 g/mol. The molecule has 20 heavy (non-hydrogen) atoms. The minimum Gasteiger partial charge on any atom is -0.493 e. The molecule has 0 saturated heterocycles. The van der Waals surface area contributed by atoms with Gasteiger partial charge in [-0.1, -0.05) is 6.07 Å². The first-order valence-electron chi connectivity index (χ1n) is 6.93. The van der Waals surface area contributed by atoms with Gasteiger partial charge in [0.2, 0.25) is 0 Å². The summed E-state index contributed by atoms with van der Waals surface area (Å²) in [6, 6.07) is 8.17. The van der Waals surface area contributed by atoms with Crippen LogP contribution in [0.4, 0.5) is 0 Å². The van der Waals surface area contributed by atoms with Crippen LogP contribution in [0.3, 0.4) is 0 Å². The molecule has 0 fully saturated rings. The predicted octanol–water partition coefficient (Wildman–Crippen LogP) is 2.91. The van der Waals surface area contributed by atoms with Gasteiger partial charge in [-0.3, -0.25) is 0 Å². The number of hydrogen-bond acceptors (Lipinski definition) is 4. The van der Waals surface area contributed by atoms with Gasteiger partial charge in [0.05, 0.1) is 25.2 Å². The summed E-state index contributed by atoms with van der Waals surface area (Å²) in [5.74, 6) is 1.47. The Morgan fingerprint density at radius 3 is 2.65 bits per heavy atom. The molecule has 0 aliphatic carbocycles. The predicted molar refractivity (Wildman–Crippen MR) is 79.9 cm³/mol. The summed E-state index contributed by atoms with van der Waals surface area (Å²) >= 11 is 0. The molecule has 0 spiro atoms. The molecule has 0 unspecified atom stereocenters. The van der Waals surface area contributed by atoms with Gasteiger partial charge in [0.1, 0.15) is 0 Å². The Hall–Kier alpha value is -1.73. The van der Waals surface area contributed by atoms with E-state index in [0.29, 0.717) is 13.2 Å². The number of rotatable bonds is 8. The van der Waals surface area contributed by atoms with Crippen molar-refractivity contribution in [3.05, 3.63) is 23.8 Å². The standard InChI is InChI=1S/C16H24N2O2/c1-16(2,12-18)8-4-10-20-14-6-5-13(7-9-17)11-15(14)19-3/h5-6,11H,4,7-10,17H2,1-3H3. The molecule has 1 aromatic carbocycles. The van der Waals surface area contributed by atoms with E-state index >= 15 is 0 Å². The van der Waals surface area contributed by atoms with E-state index in [1.165, 1.54) is 0 Å². The third-order valence-corrected chi connectivity index (χ3v) is 3.17. The third kappa shape index (κ3) is 5.10. The van der Waals surface area contributed by atoms with Gasteiger partial charge in [0.25, 0.3) is 0 Å². The second kappa shape index (κ2) is 7.76. The van der Waals surface area contributed by atoms with Crippen molar-refractivity contribution in [3.8, 4) is 17.6 Å². The summed E-state index contributed by atoms with van der Waals surface area (Å²) < 4.78 is 11.1. The monoisotopic (exact) mass is 276 g/mol. The van der Waals surface area contributed by atoms with Crippen molar-refractivity contribution in [1.29, 1.82) is 5.26 Å². The van der Waals surface area contributed by atoms with E-state index in [1.807, 2.05) is 32.0 Å². The highest BCUT2D eigenvalue weighted by atomic mass is 16.5. The van der Waals surface area contributed by atoms with E-state index < -0.39 is 0 Å². The highest BCUT2D eigenvalue weighted by Gasteiger charge is 2.16. The molecule has 0 aliphatic rings. The molecule has 110 valence electrons. The molecule has 1 aromatic rings. The SMILES string of the molecule is COc1cc(CCN)ccc1OCCCC(C)(C)C#N. The second-order valence-corrected chi connectivity index (χ2v) is 5.47. The van der Waals surface area contributed by atoms with Gasteiger partial charge in [-0.05, 0) is 57.4 Å². The van der Waals surface area contributed by atoms with E-state index in [-0.39, 0.29) is 5.41 Å². The minimum atomic E-state index is -0.293. The molecule has 2 N–H and O–H groups in total. The summed E-state index contributed by atoms with van der Waals surface area (Å²) in [6.45, 7) is 5.08. The summed E-state index contributed by atoms with van der Waals surface area (Å²) in [5, 5.41) is 8.95. The van der Waals surface area contributed by atoms with Crippen molar-refractivity contribution < 1.29 is 9.47 Å². The van der Waals surface area contributed by atoms with Gasteiger partial charge in [-0.25, -0.2) is 0 Å². The Labute approximate surface area is 121 Å². The summed E-state index contributed by atoms with van der Waals surface area (Å²) in [7, 11) is 1.63.